The number of carbonyl (C=O) groups is 1. The van der Waals surface area contributed by atoms with Crippen LogP contribution in [-0.2, 0) is 4.79 Å². The van der Waals surface area contributed by atoms with E-state index in [1.165, 1.54) is 0 Å². The van der Waals surface area contributed by atoms with Crippen LogP contribution in [0, 0.1) is 0 Å². The second-order valence-electron chi connectivity index (χ2n) is 6.49. The number of pyridine rings is 1. The zero-order chi connectivity index (χ0) is 19.2. The van der Waals surface area contributed by atoms with E-state index in [0.29, 0.717) is 5.75 Å². The number of amides is 1. The van der Waals surface area contributed by atoms with Crippen molar-refractivity contribution in [1.29, 1.82) is 0 Å². The number of carbonyl (C=O) groups excluding carboxylic acids is 1. The third-order valence-electron chi connectivity index (χ3n) is 4.57. The molecule has 1 aromatic heterocycles. The van der Waals surface area contributed by atoms with Crippen molar-refractivity contribution in [2.24, 2.45) is 0 Å². The van der Waals surface area contributed by atoms with Crippen LogP contribution in [0.15, 0.2) is 97.3 Å². The summed E-state index contributed by atoms with van der Waals surface area (Å²) in [4.78, 5) is 16.6. The standard InChI is InChI=1S/C24H20N2O2/c27-23(17-28-22-11-10-18-6-4-5-9-21(18)16-22)26-24(19-7-2-1-3-8-19)20-12-14-25-15-13-20/h1-16,24H,17H2,(H,26,27). The minimum atomic E-state index is -0.253. The van der Waals surface area contributed by atoms with Gasteiger partial charge in [0.2, 0.25) is 0 Å². The van der Waals surface area contributed by atoms with Gasteiger partial charge in [0.25, 0.3) is 5.91 Å². The molecule has 28 heavy (non-hydrogen) atoms. The predicted octanol–water partition coefficient (Wildman–Crippen LogP) is 4.52. The lowest BCUT2D eigenvalue weighted by Crippen LogP contribution is -2.33. The number of fused-ring (bicyclic) bond motifs is 1. The molecular formula is C24H20N2O2. The van der Waals surface area contributed by atoms with Crippen LogP contribution < -0.4 is 10.1 Å². The van der Waals surface area contributed by atoms with Crippen molar-refractivity contribution < 1.29 is 9.53 Å². The summed E-state index contributed by atoms with van der Waals surface area (Å²) in [6, 6.07) is 27.3. The first-order chi connectivity index (χ1) is 13.8. The molecule has 0 bridgehead atoms. The van der Waals surface area contributed by atoms with Gasteiger partial charge in [-0.05, 0) is 46.2 Å². The van der Waals surface area contributed by atoms with Crippen molar-refractivity contribution in [2.45, 2.75) is 6.04 Å². The van der Waals surface area contributed by atoms with E-state index < -0.39 is 0 Å². The lowest BCUT2D eigenvalue weighted by molar-refractivity contribution is -0.123. The van der Waals surface area contributed by atoms with E-state index in [1.807, 2.05) is 84.9 Å². The van der Waals surface area contributed by atoms with Gasteiger partial charge in [-0.2, -0.15) is 0 Å². The van der Waals surface area contributed by atoms with Crippen LogP contribution in [-0.4, -0.2) is 17.5 Å². The zero-order valence-corrected chi connectivity index (χ0v) is 15.3. The fourth-order valence-electron chi connectivity index (χ4n) is 3.17. The Kier molecular flexibility index (Phi) is 5.29. The van der Waals surface area contributed by atoms with Crippen molar-refractivity contribution in [3.8, 4) is 5.75 Å². The van der Waals surface area contributed by atoms with Crippen LogP contribution >= 0.6 is 0 Å². The van der Waals surface area contributed by atoms with Crippen LogP contribution in [0.25, 0.3) is 10.8 Å². The Morgan fingerprint density at radius 1 is 0.821 bits per heavy atom. The van der Waals surface area contributed by atoms with E-state index in [0.717, 1.165) is 21.9 Å². The fraction of sp³-hybridized carbons (Fsp3) is 0.0833. The second kappa shape index (κ2) is 8.35. The summed E-state index contributed by atoms with van der Waals surface area (Å²) in [7, 11) is 0. The highest BCUT2D eigenvalue weighted by molar-refractivity contribution is 5.84. The number of ether oxygens (including phenoxy) is 1. The van der Waals surface area contributed by atoms with Gasteiger partial charge >= 0.3 is 0 Å². The van der Waals surface area contributed by atoms with E-state index in [1.54, 1.807) is 12.4 Å². The van der Waals surface area contributed by atoms with Crippen LogP contribution in [0.5, 0.6) is 5.75 Å². The molecule has 0 saturated heterocycles. The largest absolute Gasteiger partial charge is 0.484 e. The Hall–Kier alpha value is -3.66. The number of nitrogens with zero attached hydrogens (tertiary/aromatic N) is 1. The zero-order valence-electron chi connectivity index (χ0n) is 15.3. The SMILES string of the molecule is O=C(COc1ccc2ccccc2c1)NC(c1ccccc1)c1ccncc1. The highest BCUT2D eigenvalue weighted by atomic mass is 16.5. The molecule has 1 amide bonds. The molecule has 4 heteroatoms. The van der Waals surface area contributed by atoms with Crippen LogP contribution in [0.4, 0.5) is 0 Å². The summed E-state index contributed by atoms with van der Waals surface area (Å²) < 4.78 is 5.72. The number of benzene rings is 3. The number of rotatable bonds is 6. The number of aromatic nitrogens is 1. The molecule has 4 nitrogen and oxygen atoms in total. The summed E-state index contributed by atoms with van der Waals surface area (Å²) in [5, 5.41) is 5.29. The number of hydrogen-bond acceptors (Lipinski definition) is 3. The molecule has 0 aliphatic carbocycles. The van der Waals surface area contributed by atoms with E-state index in [-0.39, 0.29) is 18.6 Å². The van der Waals surface area contributed by atoms with Crippen LogP contribution in [0.1, 0.15) is 17.2 Å². The van der Waals surface area contributed by atoms with Gasteiger partial charge < -0.3 is 10.1 Å². The van der Waals surface area contributed by atoms with Gasteiger partial charge in [-0.25, -0.2) is 0 Å². The quantitative estimate of drug-likeness (QED) is 0.544. The Morgan fingerprint density at radius 3 is 2.29 bits per heavy atom. The highest BCUT2D eigenvalue weighted by Gasteiger charge is 2.17. The van der Waals surface area contributed by atoms with Gasteiger partial charge in [-0.1, -0.05) is 60.7 Å². The average Bonchev–Trinajstić information content (AvgIpc) is 2.77. The molecular weight excluding hydrogens is 348 g/mol. The normalized spacial score (nSPS) is 11.7. The topological polar surface area (TPSA) is 51.2 Å². The molecule has 1 atom stereocenters. The molecule has 0 aliphatic heterocycles. The molecule has 0 fully saturated rings. The van der Waals surface area contributed by atoms with Gasteiger partial charge in [-0.3, -0.25) is 9.78 Å². The fourth-order valence-corrected chi connectivity index (χ4v) is 3.17. The molecule has 0 spiro atoms. The summed E-state index contributed by atoms with van der Waals surface area (Å²) >= 11 is 0. The molecule has 0 saturated carbocycles. The van der Waals surface area contributed by atoms with Crippen molar-refractivity contribution in [3.05, 3.63) is 108 Å². The monoisotopic (exact) mass is 368 g/mol. The average molecular weight is 368 g/mol. The maximum Gasteiger partial charge on any atom is 0.258 e. The molecule has 1 N–H and O–H groups in total. The molecule has 0 aliphatic rings. The smallest absolute Gasteiger partial charge is 0.258 e. The third kappa shape index (κ3) is 4.18. The van der Waals surface area contributed by atoms with E-state index in [9.17, 15) is 4.79 Å². The predicted molar refractivity (Wildman–Crippen MR) is 110 cm³/mol. The summed E-state index contributed by atoms with van der Waals surface area (Å²) in [6.45, 7) is -0.0489. The van der Waals surface area contributed by atoms with E-state index in [4.69, 9.17) is 4.74 Å². The maximum atomic E-state index is 12.6. The van der Waals surface area contributed by atoms with Gasteiger partial charge in [0.15, 0.2) is 6.61 Å². The van der Waals surface area contributed by atoms with Crippen molar-refractivity contribution in [1.82, 2.24) is 10.3 Å². The summed E-state index contributed by atoms with van der Waals surface area (Å²) in [6.07, 6.45) is 3.45. The minimum Gasteiger partial charge on any atom is -0.484 e. The molecule has 138 valence electrons. The molecule has 0 radical (unpaired) electrons. The van der Waals surface area contributed by atoms with Crippen LogP contribution in [0.2, 0.25) is 0 Å². The second-order valence-corrected chi connectivity index (χ2v) is 6.49. The first-order valence-corrected chi connectivity index (χ1v) is 9.15. The van der Waals surface area contributed by atoms with Crippen LogP contribution in [0.3, 0.4) is 0 Å². The van der Waals surface area contributed by atoms with Crippen molar-refractivity contribution in [2.75, 3.05) is 6.61 Å². The van der Waals surface area contributed by atoms with Gasteiger partial charge in [-0.15, -0.1) is 0 Å². The Labute approximate surface area is 163 Å². The summed E-state index contributed by atoms with van der Waals surface area (Å²) in [5.41, 5.74) is 1.98. The number of nitrogens with one attached hydrogen (secondary N) is 1. The number of hydrogen-bond donors (Lipinski definition) is 1. The third-order valence-corrected chi connectivity index (χ3v) is 4.57. The molecule has 4 aromatic rings. The molecule has 1 unspecified atom stereocenters. The van der Waals surface area contributed by atoms with E-state index >= 15 is 0 Å². The minimum absolute atomic E-state index is 0.0489. The molecule has 1 heterocycles. The van der Waals surface area contributed by atoms with Gasteiger partial charge in [0.1, 0.15) is 5.75 Å². The highest BCUT2D eigenvalue weighted by Crippen LogP contribution is 2.22. The van der Waals surface area contributed by atoms with Crippen molar-refractivity contribution >= 4 is 16.7 Å². The Balaban J connectivity index is 1.47. The molecule has 3 aromatic carbocycles. The lowest BCUT2D eigenvalue weighted by atomic mass is 10.00. The summed E-state index contributed by atoms with van der Waals surface area (Å²) in [5.74, 6) is 0.493. The lowest BCUT2D eigenvalue weighted by Gasteiger charge is -2.20. The Morgan fingerprint density at radius 2 is 1.50 bits per heavy atom. The van der Waals surface area contributed by atoms with Crippen molar-refractivity contribution in [3.63, 3.8) is 0 Å². The molecule has 4 rings (SSSR count). The Bertz CT molecular complexity index is 1030. The first-order valence-electron chi connectivity index (χ1n) is 9.15. The maximum absolute atomic E-state index is 12.6. The van der Waals surface area contributed by atoms with E-state index in [2.05, 4.69) is 10.3 Å². The first kappa shape index (κ1) is 17.7. The van der Waals surface area contributed by atoms with Gasteiger partial charge in [0, 0.05) is 12.4 Å². The van der Waals surface area contributed by atoms with Gasteiger partial charge in [0.05, 0.1) is 6.04 Å².